The van der Waals surface area contributed by atoms with Crippen molar-refractivity contribution in [3.63, 3.8) is 0 Å². The van der Waals surface area contributed by atoms with Crippen molar-refractivity contribution in [2.45, 2.75) is 0 Å². The van der Waals surface area contributed by atoms with Crippen molar-refractivity contribution in [1.29, 1.82) is 0 Å². The molecule has 0 radical (unpaired) electrons. The molecule has 9 aromatic rings. The summed E-state index contributed by atoms with van der Waals surface area (Å²) in [4.78, 5) is 39.9. The maximum Gasteiger partial charge on any atom is 0.268 e. The summed E-state index contributed by atoms with van der Waals surface area (Å²) in [6, 6.07) is 54.4. The van der Waals surface area contributed by atoms with Gasteiger partial charge in [-0.05, 0) is 70.3 Å². The summed E-state index contributed by atoms with van der Waals surface area (Å²) in [6.45, 7) is 0. The van der Waals surface area contributed by atoms with Gasteiger partial charge >= 0.3 is 0 Å². The molecule has 0 unspecified atom stereocenters. The Morgan fingerprint density at radius 3 is 1.67 bits per heavy atom. The summed E-state index contributed by atoms with van der Waals surface area (Å²) >= 11 is 0. The van der Waals surface area contributed by atoms with Gasteiger partial charge in [0.1, 0.15) is 6.33 Å². The zero-order chi connectivity index (χ0) is 36.2. The fourth-order valence-corrected chi connectivity index (χ4v) is 7.87. The lowest BCUT2D eigenvalue weighted by Crippen LogP contribution is -2.30. The number of para-hydroxylation sites is 1. The molecule has 0 N–H and O–H groups in total. The molecule has 2 aromatic heterocycles. The number of fused-ring (bicyclic) bond motifs is 4. The largest absolute Gasteiger partial charge is 0.308 e. The molecule has 0 fully saturated rings. The first-order valence-corrected chi connectivity index (χ1v) is 17.8. The van der Waals surface area contributed by atoms with E-state index in [-0.39, 0.29) is 11.8 Å². The predicted octanol–water partition coefficient (Wildman–Crippen LogP) is 11.0. The van der Waals surface area contributed by atoms with E-state index in [9.17, 15) is 4.79 Å². The average molecular weight is 695 g/mol. The van der Waals surface area contributed by atoms with Gasteiger partial charge in [0.05, 0.1) is 33.5 Å². The Hall–Kier alpha value is -7.44. The maximum absolute atomic E-state index is 15.2. The molecule has 0 spiro atoms. The Bertz CT molecular complexity index is 2840. The molecule has 0 saturated heterocycles. The zero-order valence-electron chi connectivity index (χ0n) is 28.9. The summed E-state index contributed by atoms with van der Waals surface area (Å²) in [7, 11) is 0. The molecule has 0 atom stereocenters. The fraction of sp³-hybridized carbons (Fsp3) is 0. The van der Waals surface area contributed by atoms with Crippen LogP contribution in [0.3, 0.4) is 0 Å². The molecule has 1 aliphatic heterocycles. The van der Waals surface area contributed by atoms with Gasteiger partial charge in [-0.3, -0.25) is 9.59 Å². The lowest BCUT2D eigenvalue weighted by atomic mass is 9.90. The third-order valence-electron chi connectivity index (χ3n) is 10.3. The van der Waals surface area contributed by atoms with E-state index >= 15 is 4.79 Å². The quantitative estimate of drug-likeness (QED) is 0.163. The van der Waals surface area contributed by atoms with Crippen molar-refractivity contribution >= 4 is 39.3 Å². The predicted molar refractivity (Wildman–Crippen MR) is 216 cm³/mol. The van der Waals surface area contributed by atoms with Crippen LogP contribution in [0.15, 0.2) is 183 Å². The van der Waals surface area contributed by atoms with Crippen LogP contribution in [0.25, 0.3) is 72.0 Å². The van der Waals surface area contributed by atoms with Crippen LogP contribution in [0, 0.1) is 0 Å². The lowest BCUT2D eigenvalue weighted by molar-refractivity contribution is 0.0926. The summed E-state index contributed by atoms with van der Waals surface area (Å²) in [5.74, 6) is -0.720. The number of benzene rings is 7. The number of hydrogen-bond donors (Lipinski definition) is 0. The number of carbonyl (C=O) groups is 2. The first kappa shape index (κ1) is 31.3. The van der Waals surface area contributed by atoms with Crippen LogP contribution in [0.5, 0.6) is 0 Å². The monoisotopic (exact) mass is 694 g/mol. The van der Waals surface area contributed by atoms with Gasteiger partial charge in [-0.1, -0.05) is 121 Å². The number of hydrogen-bond acceptors (Lipinski definition) is 4. The van der Waals surface area contributed by atoms with Crippen LogP contribution in [0.1, 0.15) is 20.7 Å². The SMILES string of the molecule is O=C1c2cccc(-n3c4ccccc4c4cc(-c5cncnc5)ccc43)c2C(=O)N1c1c(-c2ccccc2)cc(-c2ccccc2)cc1-c1ccccc1. The number of nitrogens with zero attached hydrogens (tertiary/aromatic N) is 4. The maximum atomic E-state index is 15.2. The number of amides is 2. The van der Waals surface area contributed by atoms with Gasteiger partial charge in [-0.2, -0.15) is 0 Å². The van der Waals surface area contributed by atoms with Gasteiger partial charge in [0.15, 0.2) is 0 Å². The third kappa shape index (κ3) is 4.96. The van der Waals surface area contributed by atoms with Crippen molar-refractivity contribution < 1.29 is 9.59 Å². The minimum atomic E-state index is -0.364. The molecule has 54 heavy (non-hydrogen) atoms. The van der Waals surface area contributed by atoms with E-state index in [2.05, 4.69) is 63.1 Å². The Morgan fingerprint density at radius 1 is 0.407 bits per heavy atom. The summed E-state index contributed by atoms with van der Waals surface area (Å²) < 4.78 is 2.11. The first-order chi connectivity index (χ1) is 26.7. The molecule has 3 heterocycles. The Kier molecular flexibility index (Phi) is 7.34. The number of aromatic nitrogens is 3. The standard InChI is InChI=1S/C48H30N4O2/c53-47-38-20-12-22-44(51-42-21-11-10-19-37(42)41-25-34(23-24-43(41)51)36-28-49-30-50-29-36)45(38)48(54)52(47)46-39(32-15-6-2-7-16-32)26-35(31-13-4-1-5-14-31)27-40(46)33-17-8-3-9-18-33/h1-30H. The van der Waals surface area contributed by atoms with Crippen LogP contribution in [-0.4, -0.2) is 26.3 Å². The second kappa shape index (κ2) is 12.7. The van der Waals surface area contributed by atoms with E-state index < -0.39 is 0 Å². The molecule has 6 nitrogen and oxygen atoms in total. The molecule has 6 heteroatoms. The van der Waals surface area contributed by atoms with Gasteiger partial charge in [0.25, 0.3) is 11.8 Å². The summed E-state index contributed by atoms with van der Waals surface area (Å²) in [6.07, 6.45) is 5.13. The summed E-state index contributed by atoms with van der Waals surface area (Å²) in [5.41, 5.74) is 11.1. The van der Waals surface area contributed by atoms with Crippen LogP contribution in [0.4, 0.5) is 5.69 Å². The van der Waals surface area contributed by atoms with Crippen molar-refractivity contribution in [1.82, 2.24) is 14.5 Å². The van der Waals surface area contributed by atoms with E-state index in [0.29, 0.717) is 22.5 Å². The molecular weight excluding hydrogens is 665 g/mol. The molecule has 254 valence electrons. The molecule has 7 aromatic carbocycles. The van der Waals surface area contributed by atoms with Gasteiger partial charge in [0.2, 0.25) is 0 Å². The molecule has 1 aliphatic rings. The normalized spacial score (nSPS) is 12.5. The van der Waals surface area contributed by atoms with Crippen LogP contribution >= 0.6 is 0 Å². The molecule has 2 amide bonds. The number of imide groups is 1. The number of rotatable bonds is 6. The Labute approximate surface area is 311 Å². The molecule has 0 saturated carbocycles. The molecule has 10 rings (SSSR count). The van der Waals surface area contributed by atoms with E-state index in [0.717, 1.165) is 66.3 Å². The fourth-order valence-electron chi connectivity index (χ4n) is 7.87. The average Bonchev–Trinajstić information content (AvgIpc) is 3.71. The van der Waals surface area contributed by atoms with E-state index in [1.165, 1.54) is 11.2 Å². The van der Waals surface area contributed by atoms with Crippen molar-refractivity contribution in [2.75, 3.05) is 4.90 Å². The highest BCUT2D eigenvalue weighted by molar-refractivity contribution is 6.37. The van der Waals surface area contributed by atoms with Gasteiger partial charge < -0.3 is 4.57 Å². The van der Waals surface area contributed by atoms with Gasteiger partial charge in [-0.15, -0.1) is 0 Å². The van der Waals surface area contributed by atoms with E-state index in [1.54, 1.807) is 18.5 Å². The lowest BCUT2D eigenvalue weighted by Gasteiger charge is -2.24. The number of carbonyl (C=O) groups excluding carboxylic acids is 2. The van der Waals surface area contributed by atoms with Crippen LogP contribution < -0.4 is 4.90 Å². The first-order valence-electron chi connectivity index (χ1n) is 17.8. The second-order valence-corrected chi connectivity index (χ2v) is 13.4. The highest BCUT2D eigenvalue weighted by atomic mass is 16.2. The molecule has 0 bridgehead atoms. The van der Waals surface area contributed by atoms with Crippen molar-refractivity contribution in [3.05, 3.63) is 194 Å². The van der Waals surface area contributed by atoms with E-state index in [1.807, 2.05) is 109 Å². The highest BCUT2D eigenvalue weighted by Crippen LogP contribution is 2.47. The van der Waals surface area contributed by atoms with Gasteiger partial charge in [-0.25, -0.2) is 14.9 Å². The molecular formula is C48H30N4O2. The van der Waals surface area contributed by atoms with Crippen LogP contribution in [0.2, 0.25) is 0 Å². The van der Waals surface area contributed by atoms with Crippen molar-refractivity contribution in [2.24, 2.45) is 0 Å². The minimum absolute atomic E-state index is 0.356. The van der Waals surface area contributed by atoms with Gasteiger partial charge in [0, 0.05) is 39.9 Å². The number of anilines is 1. The van der Waals surface area contributed by atoms with E-state index in [4.69, 9.17) is 0 Å². The minimum Gasteiger partial charge on any atom is -0.308 e. The Balaban J connectivity index is 1.21. The summed E-state index contributed by atoms with van der Waals surface area (Å²) in [5, 5.41) is 2.05. The third-order valence-corrected chi connectivity index (χ3v) is 10.3. The second-order valence-electron chi connectivity index (χ2n) is 13.4. The zero-order valence-corrected chi connectivity index (χ0v) is 28.9. The topological polar surface area (TPSA) is 68.1 Å². The smallest absolute Gasteiger partial charge is 0.268 e. The highest BCUT2D eigenvalue weighted by Gasteiger charge is 2.41. The molecule has 0 aliphatic carbocycles. The Morgan fingerprint density at radius 2 is 1.00 bits per heavy atom. The van der Waals surface area contributed by atoms with Crippen molar-refractivity contribution in [3.8, 4) is 50.2 Å². The van der Waals surface area contributed by atoms with Crippen LogP contribution in [-0.2, 0) is 0 Å².